The lowest BCUT2D eigenvalue weighted by atomic mass is 9.83. The number of carbonyl (C=O) groups is 3. The highest BCUT2D eigenvalue weighted by Gasteiger charge is 2.45. The lowest BCUT2D eigenvalue weighted by molar-refractivity contribution is -0.143. The van der Waals surface area contributed by atoms with Crippen LogP contribution in [0.3, 0.4) is 0 Å². The van der Waals surface area contributed by atoms with Crippen molar-refractivity contribution in [3.8, 4) is 5.75 Å². The van der Waals surface area contributed by atoms with Gasteiger partial charge < -0.3 is 26.0 Å². The molecule has 0 aromatic heterocycles. The van der Waals surface area contributed by atoms with Crippen molar-refractivity contribution in [1.82, 2.24) is 15.5 Å². The van der Waals surface area contributed by atoms with Gasteiger partial charge in [-0.1, -0.05) is 61.7 Å². The maximum Gasteiger partial charge on any atom is 0.246 e. The number of hydrogen-bond acceptors (Lipinski definition) is 5. The van der Waals surface area contributed by atoms with Crippen LogP contribution in [0.15, 0.2) is 54.6 Å². The molecule has 214 valence electrons. The number of benzene rings is 2. The molecule has 2 aliphatic carbocycles. The van der Waals surface area contributed by atoms with Crippen molar-refractivity contribution in [3.63, 3.8) is 0 Å². The molecular weight excluding hydrogens is 504 g/mol. The number of ether oxygens (including phenoxy) is 1. The highest BCUT2D eigenvalue weighted by atomic mass is 16.5. The number of aryl methyl sites for hydroxylation is 1. The van der Waals surface area contributed by atoms with Gasteiger partial charge in [-0.25, -0.2) is 0 Å². The van der Waals surface area contributed by atoms with Crippen LogP contribution >= 0.6 is 0 Å². The van der Waals surface area contributed by atoms with Gasteiger partial charge in [0.15, 0.2) is 0 Å². The second-order valence-electron chi connectivity index (χ2n) is 11.6. The van der Waals surface area contributed by atoms with E-state index in [1.807, 2.05) is 42.5 Å². The summed E-state index contributed by atoms with van der Waals surface area (Å²) in [5, 5.41) is 6.22. The third-order valence-electron chi connectivity index (χ3n) is 8.68. The number of rotatable bonds is 8. The molecule has 1 saturated carbocycles. The molecule has 0 bridgehead atoms. The van der Waals surface area contributed by atoms with Crippen molar-refractivity contribution < 1.29 is 19.1 Å². The third kappa shape index (κ3) is 6.49. The lowest BCUT2D eigenvalue weighted by Gasteiger charge is -2.35. The van der Waals surface area contributed by atoms with Crippen molar-refractivity contribution in [3.05, 3.63) is 65.7 Å². The Hall–Kier alpha value is -3.39. The van der Waals surface area contributed by atoms with Crippen molar-refractivity contribution in [2.45, 2.75) is 95.0 Å². The number of para-hydroxylation sites is 1. The molecule has 3 amide bonds. The van der Waals surface area contributed by atoms with E-state index in [1.54, 1.807) is 11.8 Å². The fourth-order valence-electron chi connectivity index (χ4n) is 6.55. The van der Waals surface area contributed by atoms with Crippen LogP contribution in [0.25, 0.3) is 0 Å². The van der Waals surface area contributed by atoms with Crippen LogP contribution in [-0.4, -0.2) is 53.4 Å². The first-order valence-corrected chi connectivity index (χ1v) is 14.9. The quantitative estimate of drug-likeness (QED) is 0.468. The van der Waals surface area contributed by atoms with E-state index < -0.39 is 18.1 Å². The van der Waals surface area contributed by atoms with Crippen molar-refractivity contribution >= 4 is 17.7 Å². The Kier molecular flexibility index (Phi) is 9.04. The molecule has 8 heteroatoms. The molecule has 3 aliphatic rings. The molecule has 40 heavy (non-hydrogen) atoms. The van der Waals surface area contributed by atoms with Gasteiger partial charge in [-0.2, -0.15) is 0 Å². The Morgan fingerprint density at radius 2 is 1.68 bits per heavy atom. The van der Waals surface area contributed by atoms with E-state index in [0.29, 0.717) is 12.2 Å². The Bertz CT molecular complexity index is 1180. The molecule has 5 rings (SSSR count). The Morgan fingerprint density at radius 3 is 2.42 bits per heavy atom. The molecule has 0 unspecified atom stereocenters. The van der Waals surface area contributed by atoms with Gasteiger partial charge in [0.05, 0.1) is 18.6 Å². The van der Waals surface area contributed by atoms with Crippen molar-refractivity contribution in [2.75, 3.05) is 6.54 Å². The zero-order valence-electron chi connectivity index (χ0n) is 23.4. The van der Waals surface area contributed by atoms with Gasteiger partial charge in [-0.15, -0.1) is 0 Å². The Morgan fingerprint density at radius 1 is 0.950 bits per heavy atom. The van der Waals surface area contributed by atoms with Crippen LogP contribution in [0.1, 0.15) is 75.5 Å². The number of nitrogens with zero attached hydrogens (tertiary/aromatic N) is 1. The van der Waals surface area contributed by atoms with E-state index in [4.69, 9.17) is 10.5 Å². The number of likely N-dealkylation sites (tertiary alicyclic amines) is 1. The predicted molar refractivity (Wildman–Crippen MR) is 153 cm³/mol. The zero-order valence-corrected chi connectivity index (χ0v) is 23.4. The minimum atomic E-state index is -0.725. The normalized spacial score (nSPS) is 24.4. The van der Waals surface area contributed by atoms with E-state index in [0.717, 1.165) is 56.9 Å². The molecule has 1 aliphatic heterocycles. The first-order chi connectivity index (χ1) is 19.4. The van der Waals surface area contributed by atoms with Crippen molar-refractivity contribution in [2.24, 2.45) is 11.7 Å². The highest BCUT2D eigenvalue weighted by Crippen LogP contribution is 2.33. The number of fused-ring (bicyclic) bond motifs is 1. The smallest absolute Gasteiger partial charge is 0.246 e. The standard InChI is InChI=1S/C32H42N4O4/c1-21(33)30(37)35-29(23-12-4-2-5-13-23)32(39)36-20-25(40-24-15-6-3-7-16-24)19-28(36)31(38)34-27-18-10-14-22-11-8-9-17-26(22)27/h3,6-9,11,15-17,21,23,25,27-29H,2,4-5,10,12-14,18-20,33H2,1H3,(H,34,38)(H,35,37)/t21-,25-,27-,28-,29-/m0/s1. The van der Waals surface area contributed by atoms with Crippen LogP contribution in [0.2, 0.25) is 0 Å². The van der Waals surface area contributed by atoms with Gasteiger partial charge in [-0.3, -0.25) is 14.4 Å². The molecule has 0 spiro atoms. The number of amides is 3. The second kappa shape index (κ2) is 12.9. The fourth-order valence-corrected chi connectivity index (χ4v) is 6.55. The van der Waals surface area contributed by atoms with E-state index >= 15 is 0 Å². The maximum atomic E-state index is 14.2. The van der Waals surface area contributed by atoms with Crippen LogP contribution in [0.4, 0.5) is 0 Å². The molecule has 2 aromatic rings. The lowest BCUT2D eigenvalue weighted by Crippen LogP contribution is -2.58. The molecule has 5 atom stereocenters. The summed E-state index contributed by atoms with van der Waals surface area (Å²) in [6, 6.07) is 15.5. The summed E-state index contributed by atoms with van der Waals surface area (Å²) in [6.45, 7) is 1.90. The van der Waals surface area contributed by atoms with Crippen LogP contribution < -0.4 is 21.1 Å². The fraction of sp³-hybridized carbons (Fsp3) is 0.531. The van der Waals surface area contributed by atoms with E-state index in [1.165, 1.54) is 5.56 Å². The molecular formula is C32H42N4O4. The molecule has 1 heterocycles. The second-order valence-corrected chi connectivity index (χ2v) is 11.6. The number of hydrogen-bond donors (Lipinski definition) is 3. The minimum absolute atomic E-state index is 0.0203. The summed E-state index contributed by atoms with van der Waals surface area (Å²) in [7, 11) is 0. The Labute approximate surface area is 237 Å². The Balaban J connectivity index is 1.39. The molecule has 8 nitrogen and oxygen atoms in total. The van der Waals surface area contributed by atoms with E-state index in [9.17, 15) is 14.4 Å². The molecule has 4 N–H and O–H groups in total. The molecule has 2 fully saturated rings. The SMILES string of the molecule is C[C@H](N)C(=O)N[C@H](C(=O)N1C[C@@H](Oc2ccccc2)C[C@H]1C(=O)N[C@H]1CCCc2ccccc21)C1CCCCC1. The first kappa shape index (κ1) is 28.1. The van der Waals surface area contributed by atoms with Crippen molar-refractivity contribution in [1.29, 1.82) is 0 Å². The first-order valence-electron chi connectivity index (χ1n) is 14.9. The topological polar surface area (TPSA) is 114 Å². The van der Waals surface area contributed by atoms with Gasteiger partial charge in [-0.05, 0) is 68.2 Å². The van der Waals surface area contributed by atoms with Gasteiger partial charge in [0.2, 0.25) is 17.7 Å². The van der Waals surface area contributed by atoms with Gasteiger partial charge >= 0.3 is 0 Å². The van der Waals surface area contributed by atoms with Gasteiger partial charge in [0.1, 0.15) is 23.9 Å². The molecule has 0 radical (unpaired) electrons. The highest BCUT2D eigenvalue weighted by molar-refractivity contribution is 5.93. The summed E-state index contributed by atoms with van der Waals surface area (Å²) < 4.78 is 6.25. The predicted octanol–water partition coefficient (Wildman–Crippen LogP) is 3.64. The van der Waals surface area contributed by atoms with Crippen LogP contribution in [0, 0.1) is 5.92 Å². The molecule has 2 aromatic carbocycles. The van der Waals surface area contributed by atoms with Gasteiger partial charge in [0.25, 0.3) is 0 Å². The monoisotopic (exact) mass is 546 g/mol. The number of nitrogens with two attached hydrogens (primary N) is 1. The average Bonchev–Trinajstić information content (AvgIpc) is 3.40. The van der Waals surface area contributed by atoms with E-state index in [2.05, 4.69) is 22.8 Å². The summed E-state index contributed by atoms with van der Waals surface area (Å²) in [5.41, 5.74) is 8.29. The number of nitrogens with one attached hydrogen (secondary N) is 2. The van der Waals surface area contributed by atoms with Gasteiger partial charge in [0, 0.05) is 6.42 Å². The minimum Gasteiger partial charge on any atom is -0.488 e. The summed E-state index contributed by atoms with van der Waals surface area (Å²) in [4.78, 5) is 42.5. The number of carbonyl (C=O) groups excluding carboxylic acids is 3. The zero-order chi connectivity index (χ0) is 28.1. The van der Waals surface area contributed by atoms with Crippen LogP contribution in [-0.2, 0) is 20.8 Å². The largest absolute Gasteiger partial charge is 0.488 e. The molecule has 1 saturated heterocycles. The summed E-state index contributed by atoms with van der Waals surface area (Å²) in [5.74, 6) is -0.0115. The van der Waals surface area contributed by atoms with Crippen LogP contribution in [0.5, 0.6) is 5.75 Å². The average molecular weight is 547 g/mol. The third-order valence-corrected chi connectivity index (χ3v) is 8.68. The summed E-state index contributed by atoms with van der Waals surface area (Å²) >= 11 is 0. The maximum absolute atomic E-state index is 14.2. The van der Waals surface area contributed by atoms with E-state index in [-0.39, 0.29) is 42.3 Å². The summed E-state index contributed by atoms with van der Waals surface area (Å²) in [6.07, 6.45) is 7.82.